The number of carbonyl (C=O) groups is 2. The summed E-state index contributed by atoms with van der Waals surface area (Å²) in [6, 6.07) is 7.51. The maximum absolute atomic E-state index is 12.1. The van der Waals surface area contributed by atoms with Gasteiger partial charge in [0, 0.05) is 23.3 Å². The van der Waals surface area contributed by atoms with Crippen LogP contribution in [-0.4, -0.2) is 24.1 Å². The molecule has 26 heavy (non-hydrogen) atoms. The van der Waals surface area contributed by atoms with Crippen LogP contribution in [0.4, 0.5) is 0 Å². The maximum atomic E-state index is 12.1. The van der Waals surface area contributed by atoms with Crippen molar-refractivity contribution in [1.29, 1.82) is 0 Å². The van der Waals surface area contributed by atoms with E-state index < -0.39 is 11.9 Å². The van der Waals surface area contributed by atoms with Crippen molar-refractivity contribution in [3.05, 3.63) is 29.8 Å². The van der Waals surface area contributed by atoms with E-state index in [1.54, 1.807) is 0 Å². The minimum absolute atomic E-state index is 0.189. The lowest BCUT2D eigenvalue weighted by Gasteiger charge is -2.34. The molecule has 0 saturated carbocycles. The van der Waals surface area contributed by atoms with Gasteiger partial charge in [-0.25, -0.2) is 0 Å². The molecule has 138 valence electrons. The first-order chi connectivity index (χ1) is 12.3. The largest absolute Gasteiger partial charge is 0.487 e. The Morgan fingerprint density at radius 3 is 2.50 bits per heavy atom. The number of rotatable bonds is 4. The summed E-state index contributed by atoms with van der Waals surface area (Å²) in [4.78, 5) is 23.8. The van der Waals surface area contributed by atoms with Gasteiger partial charge < -0.3 is 19.9 Å². The number of quaternary nitrogens is 1. The van der Waals surface area contributed by atoms with E-state index in [-0.39, 0.29) is 23.5 Å². The van der Waals surface area contributed by atoms with Crippen molar-refractivity contribution < 1.29 is 29.5 Å². The van der Waals surface area contributed by atoms with Gasteiger partial charge in [0.15, 0.2) is 11.5 Å². The third-order valence-electron chi connectivity index (χ3n) is 4.37. The molecule has 1 heterocycles. The Morgan fingerprint density at radius 2 is 1.85 bits per heavy atom. The molecule has 0 aromatic heterocycles. The number of esters is 2. The van der Waals surface area contributed by atoms with Gasteiger partial charge in [-0.2, -0.15) is 0 Å². The second-order valence-electron chi connectivity index (χ2n) is 7.04. The van der Waals surface area contributed by atoms with E-state index in [1.807, 2.05) is 38.1 Å². The lowest BCUT2D eigenvalue weighted by Crippen LogP contribution is -2.51. The van der Waals surface area contributed by atoms with Crippen LogP contribution in [0.15, 0.2) is 24.3 Å². The molecule has 6 heteroatoms. The van der Waals surface area contributed by atoms with Crippen molar-refractivity contribution in [1.82, 2.24) is 0 Å². The first-order valence-electron chi connectivity index (χ1n) is 8.77. The molecule has 0 unspecified atom stereocenters. The SMILES string of the molecule is CC(=O)Oc1c2c(c3ccccc3c1OC(=O)CC[NH3+])OC(C)(C)CC2. The van der Waals surface area contributed by atoms with Gasteiger partial charge in [-0.3, -0.25) is 9.59 Å². The van der Waals surface area contributed by atoms with Crippen LogP contribution in [0.2, 0.25) is 0 Å². The van der Waals surface area contributed by atoms with Gasteiger partial charge in [0.1, 0.15) is 11.4 Å². The van der Waals surface area contributed by atoms with E-state index in [0.717, 1.165) is 17.4 Å². The number of benzene rings is 2. The fraction of sp³-hybridized carbons (Fsp3) is 0.400. The summed E-state index contributed by atoms with van der Waals surface area (Å²) in [7, 11) is 0. The first kappa shape index (κ1) is 18.2. The van der Waals surface area contributed by atoms with Crippen LogP contribution in [0.3, 0.4) is 0 Å². The number of carbonyl (C=O) groups excluding carboxylic acids is 2. The highest BCUT2D eigenvalue weighted by Gasteiger charge is 2.33. The molecule has 0 atom stereocenters. The minimum atomic E-state index is -0.471. The summed E-state index contributed by atoms with van der Waals surface area (Å²) in [5, 5.41) is 1.52. The lowest BCUT2D eigenvalue weighted by atomic mass is 9.91. The third kappa shape index (κ3) is 3.51. The molecule has 0 aliphatic carbocycles. The predicted octanol–water partition coefficient (Wildman–Crippen LogP) is 2.41. The quantitative estimate of drug-likeness (QED) is 0.670. The first-order valence-corrected chi connectivity index (χ1v) is 8.77. The fourth-order valence-corrected chi connectivity index (χ4v) is 3.16. The van der Waals surface area contributed by atoms with E-state index in [2.05, 4.69) is 5.73 Å². The molecular formula is C20H24NO5+. The maximum Gasteiger partial charge on any atom is 0.317 e. The monoisotopic (exact) mass is 358 g/mol. The number of fused-ring (bicyclic) bond motifs is 3. The van der Waals surface area contributed by atoms with Crippen LogP contribution >= 0.6 is 0 Å². The van der Waals surface area contributed by atoms with Gasteiger partial charge in [-0.05, 0) is 26.7 Å². The summed E-state index contributed by atoms with van der Waals surface area (Å²) in [6.07, 6.45) is 1.61. The highest BCUT2D eigenvalue weighted by Crippen LogP contribution is 2.50. The summed E-state index contributed by atoms with van der Waals surface area (Å²) in [6.45, 7) is 5.81. The Balaban J connectivity index is 2.27. The molecule has 0 amide bonds. The normalized spacial score (nSPS) is 15.1. The Hall–Kier alpha value is -2.60. The zero-order valence-electron chi connectivity index (χ0n) is 15.4. The van der Waals surface area contributed by atoms with E-state index >= 15 is 0 Å². The van der Waals surface area contributed by atoms with E-state index in [0.29, 0.717) is 24.1 Å². The summed E-state index contributed by atoms with van der Waals surface area (Å²) >= 11 is 0. The summed E-state index contributed by atoms with van der Waals surface area (Å²) in [5.74, 6) is 0.359. The molecular weight excluding hydrogens is 334 g/mol. The van der Waals surface area contributed by atoms with Crippen molar-refractivity contribution in [2.45, 2.75) is 45.6 Å². The highest BCUT2D eigenvalue weighted by atomic mass is 16.6. The fourth-order valence-electron chi connectivity index (χ4n) is 3.16. The molecule has 2 aromatic carbocycles. The molecule has 2 aromatic rings. The molecule has 1 aliphatic heterocycles. The average molecular weight is 358 g/mol. The minimum Gasteiger partial charge on any atom is -0.487 e. The molecule has 0 spiro atoms. The number of hydrogen-bond donors (Lipinski definition) is 1. The standard InChI is InChI=1S/C20H23NO5/c1-12(22)24-19-15-8-10-20(2,3)26-17(15)13-6-4-5-7-14(13)18(19)25-16(23)9-11-21/h4-7H,8-11,21H2,1-3H3/p+1. The Kier molecular flexibility index (Phi) is 4.87. The van der Waals surface area contributed by atoms with E-state index in [4.69, 9.17) is 14.2 Å². The Labute approximate surface area is 152 Å². The van der Waals surface area contributed by atoms with Crippen molar-refractivity contribution in [3.8, 4) is 17.2 Å². The number of hydrogen-bond acceptors (Lipinski definition) is 5. The lowest BCUT2D eigenvalue weighted by molar-refractivity contribution is -0.366. The third-order valence-corrected chi connectivity index (χ3v) is 4.37. The van der Waals surface area contributed by atoms with E-state index in [1.165, 1.54) is 6.92 Å². The zero-order chi connectivity index (χ0) is 18.9. The molecule has 0 bridgehead atoms. The van der Waals surface area contributed by atoms with Gasteiger partial charge in [-0.15, -0.1) is 0 Å². The molecule has 3 N–H and O–H groups in total. The van der Waals surface area contributed by atoms with Gasteiger partial charge in [0.05, 0.1) is 13.0 Å². The van der Waals surface area contributed by atoms with Crippen molar-refractivity contribution in [2.24, 2.45) is 0 Å². The summed E-state index contributed by atoms with van der Waals surface area (Å²) < 4.78 is 17.3. The second kappa shape index (κ2) is 6.96. The summed E-state index contributed by atoms with van der Waals surface area (Å²) in [5.41, 5.74) is 4.12. The second-order valence-corrected chi connectivity index (χ2v) is 7.04. The Bertz CT molecular complexity index is 872. The highest BCUT2D eigenvalue weighted by molar-refractivity contribution is 5.99. The van der Waals surface area contributed by atoms with Crippen LogP contribution in [-0.2, 0) is 16.0 Å². The van der Waals surface area contributed by atoms with Gasteiger partial charge >= 0.3 is 11.9 Å². The molecule has 1 aliphatic rings. The predicted molar refractivity (Wildman–Crippen MR) is 96.3 cm³/mol. The molecule has 0 fully saturated rings. The van der Waals surface area contributed by atoms with Crippen LogP contribution in [0, 0.1) is 0 Å². The van der Waals surface area contributed by atoms with Crippen LogP contribution < -0.4 is 19.9 Å². The van der Waals surface area contributed by atoms with E-state index in [9.17, 15) is 9.59 Å². The smallest absolute Gasteiger partial charge is 0.317 e. The van der Waals surface area contributed by atoms with Gasteiger partial charge in [0.25, 0.3) is 0 Å². The van der Waals surface area contributed by atoms with Gasteiger partial charge in [0.2, 0.25) is 0 Å². The Morgan fingerprint density at radius 1 is 1.15 bits per heavy atom. The topological polar surface area (TPSA) is 89.5 Å². The molecule has 0 radical (unpaired) electrons. The molecule has 3 rings (SSSR count). The van der Waals surface area contributed by atoms with Crippen LogP contribution in [0.1, 0.15) is 39.2 Å². The average Bonchev–Trinajstić information content (AvgIpc) is 2.57. The van der Waals surface area contributed by atoms with Crippen molar-refractivity contribution in [2.75, 3.05) is 6.54 Å². The number of ether oxygens (including phenoxy) is 3. The molecule has 0 saturated heterocycles. The zero-order valence-corrected chi connectivity index (χ0v) is 15.4. The van der Waals surface area contributed by atoms with Crippen molar-refractivity contribution >= 4 is 22.7 Å². The van der Waals surface area contributed by atoms with Crippen molar-refractivity contribution in [3.63, 3.8) is 0 Å². The molecule has 6 nitrogen and oxygen atoms in total. The van der Waals surface area contributed by atoms with Crippen LogP contribution in [0.5, 0.6) is 17.2 Å². The van der Waals surface area contributed by atoms with Crippen LogP contribution in [0.25, 0.3) is 10.8 Å². The van der Waals surface area contributed by atoms with Gasteiger partial charge in [-0.1, -0.05) is 24.3 Å².